The van der Waals surface area contributed by atoms with Crippen LogP contribution in [-0.4, -0.2) is 11.7 Å². The van der Waals surface area contributed by atoms with Gasteiger partial charge >= 0.3 is 0 Å². The molecule has 3 rings (SSSR count). The lowest BCUT2D eigenvalue weighted by Gasteiger charge is -2.00. The molecule has 0 aromatic heterocycles. The molecule has 114 valence electrons. The van der Waals surface area contributed by atoms with Gasteiger partial charge in [0.15, 0.2) is 0 Å². The van der Waals surface area contributed by atoms with E-state index < -0.39 is 0 Å². The van der Waals surface area contributed by atoms with E-state index in [0.29, 0.717) is 11.5 Å². The Morgan fingerprint density at radius 1 is 1.09 bits per heavy atom. The minimum atomic E-state index is -0.195. The second-order valence-corrected chi connectivity index (χ2v) is 6.17. The van der Waals surface area contributed by atoms with Gasteiger partial charge in [0.1, 0.15) is 11.5 Å². The van der Waals surface area contributed by atoms with Gasteiger partial charge in [0.25, 0.3) is 5.91 Å². The molecule has 23 heavy (non-hydrogen) atoms. The van der Waals surface area contributed by atoms with Gasteiger partial charge in [-0.3, -0.25) is 4.79 Å². The molecule has 1 aliphatic heterocycles. The van der Waals surface area contributed by atoms with Crippen molar-refractivity contribution in [3.8, 4) is 0 Å². The van der Waals surface area contributed by atoms with Crippen molar-refractivity contribution in [3.05, 3.63) is 87.5 Å². The van der Waals surface area contributed by atoms with Crippen LogP contribution in [-0.2, 0) is 4.79 Å². The highest BCUT2D eigenvalue weighted by atomic mass is 79.9. The van der Waals surface area contributed by atoms with Gasteiger partial charge in [-0.2, -0.15) is 0 Å². The monoisotopic (exact) mass is 366 g/mol. The smallest absolute Gasteiger partial charge is 0.275 e. The number of carbonyl (C=O) groups excluding carboxylic acids is 1. The van der Waals surface area contributed by atoms with Crippen molar-refractivity contribution in [3.63, 3.8) is 0 Å². The third-order valence-corrected chi connectivity index (χ3v) is 3.86. The van der Waals surface area contributed by atoms with Crippen molar-refractivity contribution in [2.24, 2.45) is 4.99 Å². The van der Waals surface area contributed by atoms with E-state index in [1.54, 1.807) is 6.08 Å². The summed E-state index contributed by atoms with van der Waals surface area (Å²) in [5.74, 6) is 0.389. The first-order valence-electron chi connectivity index (χ1n) is 7.23. The van der Waals surface area contributed by atoms with Crippen LogP contribution in [0.4, 0.5) is 0 Å². The largest absolute Gasteiger partial charge is 0.305 e. The van der Waals surface area contributed by atoms with Gasteiger partial charge in [-0.15, -0.1) is 0 Å². The molecule has 0 bridgehead atoms. The maximum absolute atomic E-state index is 12.1. The van der Waals surface area contributed by atoms with Crippen molar-refractivity contribution in [2.45, 2.75) is 6.92 Å². The standard InChI is InChI=1S/C19H15BrN2O/c1-13-7-9-15(10-8-13)18-21-17(19(23)22-18)12-16(20)11-14-5-3-2-4-6-14/h2-12H,1H3,(H,21,22,23). The highest BCUT2D eigenvalue weighted by Crippen LogP contribution is 2.19. The normalized spacial score (nSPS) is 16.4. The van der Waals surface area contributed by atoms with Crippen LogP contribution in [0.3, 0.4) is 0 Å². The van der Waals surface area contributed by atoms with Gasteiger partial charge in [0, 0.05) is 10.0 Å². The first-order chi connectivity index (χ1) is 11.1. The van der Waals surface area contributed by atoms with Crippen molar-refractivity contribution in [2.75, 3.05) is 0 Å². The van der Waals surface area contributed by atoms with E-state index >= 15 is 0 Å². The number of halogens is 1. The Bertz CT molecular complexity index is 818. The number of allylic oxidation sites excluding steroid dienone is 2. The van der Waals surface area contributed by atoms with Gasteiger partial charge in [-0.05, 0) is 24.6 Å². The van der Waals surface area contributed by atoms with Crippen molar-refractivity contribution < 1.29 is 4.79 Å². The van der Waals surface area contributed by atoms with Crippen LogP contribution in [0.15, 0.2) is 75.8 Å². The Labute approximate surface area is 143 Å². The molecule has 0 aliphatic carbocycles. The summed E-state index contributed by atoms with van der Waals surface area (Å²) in [4.78, 5) is 16.5. The van der Waals surface area contributed by atoms with Gasteiger partial charge in [-0.25, -0.2) is 4.99 Å². The molecule has 0 spiro atoms. The molecule has 0 atom stereocenters. The minimum absolute atomic E-state index is 0.195. The molecule has 4 heteroatoms. The molecule has 2 aromatic carbocycles. The zero-order chi connectivity index (χ0) is 16.2. The second-order valence-electron chi connectivity index (χ2n) is 5.25. The fourth-order valence-corrected chi connectivity index (χ4v) is 2.68. The minimum Gasteiger partial charge on any atom is -0.305 e. The number of hydrogen-bond donors (Lipinski definition) is 1. The van der Waals surface area contributed by atoms with Crippen LogP contribution in [0.1, 0.15) is 16.7 Å². The average molecular weight is 367 g/mol. The fraction of sp³-hybridized carbons (Fsp3) is 0.0526. The maximum atomic E-state index is 12.1. The van der Waals surface area contributed by atoms with Crippen LogP contribution < -0.4 is 5.32 Å². The number of benzene rings is 2. The van der Waals surface area contributed by atoms with E-state index in [9.17, 15) is 4.79 Å². The summed E-state index contributed by atoms with van der Waals surface area (Å²) in [6.07, 6.45) is 3.67. The zero-order valence-corrected chi connectivity index (χ0v) is 14.2. The lowest BCUT2D eigenvalue weighted by molar-refractivity contribution is -0.115. The number of nitrogens with one attached hydrogen (secondary N) is 1. The molecule has 0 saturated carbocycles. The third kappa shape index (κ3) is 3.85. The summed E-state index contributed by atoms with van der Waals surface area (Å²) in [5, 5.41) is 2.80. The number of rotatable bonds is 3. The number of carbonyl (C=O) groups is 1. The maximum Gasteiger partial charge on any atom is 0.275 e. The summed E-state index contributed by atoms with van der Waals surface area (Å²) in [5.41, 5.74) is 3.51. The number of aliphatic imine (C=N–C) groups is 1. The van der Waals surface area contributed by atoms with Crippen molar-refractivity contribution in [1.82, 2.24) is 5.32 Å². The topological polar surface area (TPSA) is 41.5 Å². The number of amidine groups is 1. The van der Waals surface area contributed by atoms with Crippen LogP contribution in [0.2, 0.25) is 0 Å². The molecule has 0 saturated heterocycles. The van der Waals surface area contributed by atoms with Crippen molar-refractivity contribution in [1.29, 1.82) is 0 Å². The lowest BCUT2D eigenvalue weighted by Crippen LogP contribution is -2.24. The summed E-state index contributed by atoms with van der Waals surface area (Å²) in [6.45, 7) is 2.02. The Balaban J connectivity index is 1.86. The SMILES string of the molecule is Cc1ccc(C2=NC(=CC(Br)=Cc3ccccc3)C(=O)N2)cc1. The van der Waals surface area contributed by atoms with Gasteiger partial charge in [0.2, 0.25) is 0 Å². The molecule has 1 amide bonds. The third-order valence-electron chi connectivity index (χ3n) is 3.40. The molecule has 3 nitrogen and oxygen atoms in total. The highest BCUT2D eigenvalue weighted by Gasteiger charge is 2.20. The van der Waals surface area contributed by atoms with Crippen LogP contribution in [0.5, 0.6) is 0 Å². The van der Waals surface area contributed by atoms with Crippen LogP contribution in [0.25, 0.3) is 6.08 Å². The molecular weight excluding hydrogens is 352 g/mol. The predicted molar refractivity (Wildman–Crippen MR) is 97.3 cm³/mol. The van der Waals surface area contributed by atoms with E-state index in [2.05, 4.69) is 26.2 Å². The molecule has 2 aromatic rings. The molecular formula is C19H15BrN2O. The Kier molecular flexibility index (Phi) is 4.53. The predicted octanol–water partition coefficient (Wildman–Crippen LogP) is 4.19. The van der Waals surface area contributed by atoms with E-state index in [-0.39, 0.29) is 5.91 Å². The second kappa shape index (κ2) is 6.75. The number of aryl methyl sites for hydroxylation is 1. The number of amides is 1. The number of nitrogens with zero attached hydrogens (tertiary/aromatic N) is 1. The van der Waals surface area contributed by atoms with E-state index in [4.69, 9.17) is 0 Å². The van der Waals surface area contributed by atoms with Crippen LogP contribution >= 0.6 is 15.9 Å². The van der Waals surface area contributed by atoms with E-state index in [1.807, 2.05) is 67.6 Å². The van der Waals surface area contributed by atoms with Crippen molar-refractivity contribution >= 4 is 33.7 Å². The lowest BCUT2D eigenvalue weighted by atomic mass is 10.1. The highest BCUT2D eigenvalue weighted by molar-refractivity contribution is 9.12. The van der Waals surface area contributed by atoms with Crippen LogP contribution in [0, 0.1) is 6.92 Å². The molecule has 1 N–H and O–H groups in total. The van der Waals surface area contributed by atoms with E-state index in [0.717, 1.165) is 15.6 Å². The first kappa shape index (κ1) is 15.4. The molecule has 0 fully saturated rings. The van der Waals surface area contributed by atoms with E-state index in [1.165, 1.54) is 5.56 Å². The van der Waals surface area contributed by atoms with Gasteiger partial charge < -0.3 is 5.32 Å². The quantitative estimate of drug-likeness (QED) is 0.812. The first-order valence-corrected chi connectivity index (χ1v) is 8.02. The molecule has 1 aliphatic rings. The number of hydrogen-bond acceptors (Lipinski definition) is 2. The molecule has 1 heterocycles. The fourth-order valence-electron chi connectivity index (χ4n) is 2.20. The van der Waals surface area contributed by atoms with Gasteiger partial charge in [0.05, 0.1) is 0 Å². The summed E-state index contributed by atoms with van der Waals surface area (Å²) < 4.78 is 0.794. The Morgan fingerprint density at radius 2 is 1.78 bits per heavy atom. The Hall–Kier alpha value is -2.46. The summed E-state index contributed by atoms with van der Waals surface area (Å²) in [7, 11) is 0. The molecule has 0 unspecified atom stereocenters. The van der Waals surface area contributed by atoms with Gasteiger partial charge in [-0.1, -0.05) is 76.1 Å². The summed E-state index contributed by atoms with van der Waals surface area (Å²) in [6, 6.07) is 17.8. The zero-order valence-electron chi connectivity index (χ0n) is 12.6. The average Bonchev–Trinajstić information content (AvgIpc) is 2.90. The summed E-state index contributed by atoms with van der Waals surface area (Å²) >= 11 is 3.47. The molecule has 0 radical (unpaired) electrons. The Morgan fingerprint density at radius 3 is 2.48 bits per heavy atom.